The lowest BCUT2D eigenvalue weighted by atomic mass is 9.89. The van der Waals surface area contributed by atoms with Crippen LogP contribution in [0.2, 0.25) is 0 Å². The maximum atomic E-state index is 12.5. The predicted molar refractivity (Wildman–Crippen MR) is 77.0 cm³/mol. The summed E-state index contributed by atoms with van der Waals surface area (Å²) >= 11 is 0. The zero-order valence-corrected chi connectivity index (χ0v) is 10.8. The highest BCUT2D eigenvalue weighted by Crippen LogP contribution is 2.18. The van der Waals surface area contributed by atoms with E-state index in [1.165, 1.54) is 5.56 Å². The molecule has 0 aliphatic carbocycles. The molecule has 2 heteroatoms. The standard InChI is InChI=1S/C17H17NO/c1-2-7-15(12-14-8-4-3-5-9-14)17(19)16-10-6-11-18-13-16/h2-6,8-11,13,15H,1,7,12H2. The molecule has 1 aromatic heterocycles. The van der Waals surface area contributed by atoms with Crippen molar-refractivity contribution in [3.05, 3.63) is 78.6 Å². The van der Waals surface area contributed by atoms with E-state index in [0.717, 1.165) is 6.42 Å². The Hall–Kier alpha value is -2.22. The Balaban J connectivity index is 2.16. The molecule has 1 heterocycles. The molecule has 0 spiro atoms. The summed E-state index contributed by atoms with van der Waals surface area (Å²) in [7, 11) is 0. The molecule has 96 valence electrons. The van der Waals surface area contributed by atoms with Gasteiger partial charge in [-0.1, -0.05) is 36.4 Å². The molecule has 0 radical (unpaired) electrons. The van der Waals surface area contributed by atoms with E-state index < -0.39 is 0 Å². The average molecular weight is 251 g/mol. The van der Waals surface area contributed by atoms with Gasteiger partial charge in [-0.3, -0.25) is 9.78 Å². The minimum absolute atomic E-state index is 0.0656. The maximum Gasteiger partial charge on any atom is 0.168 e. The lowest BCUT2D eigenvalue weighted by Crippen LogP contribution is -2.17. The van der Waals surface area contributed by atoms with E-state index in [0.29, 0.717) is 12.0 Å². The molecule has 0 aliphatic heterocycles. The summed E-state index contributed by atoms with van der Waals surface area (Å²) in [4.78, 5) is 16.5. The van der Waals surface area contributed by atoms with Crippen molar-refractivity contribution in [3.63, 3.8) is 0 Å². The van der Waals surface area contributed by atoms with Gasteiger partial charge in [-0.15, -0.1) is 6.58 Å². The van der Waals surface area contributed by atoms with Crippen LogP contribution in [0, 0.1) is 5.92 Å². The summed E-state index contributed by atoms with van der Waals surface area (Å²) in [6, 6.07) is 13.7. The van der Waals surface area contributed by atoms with Gasteiger partial charge in [-0.25, -0.2) is 0 Å². The quantitative estimate of drug-likeness (QED) is 0.579. The van der Waals surface area contributed by atoms with E-state index >= 15 is 0 Å². The molecule has 0 N–H and O–H groups in total. The molecule has 19 heavy (non-hydrogen) atoms. The van der Waals surface area contributed by atoms with Crippen LogP contribution in [-0.2, 0) is 6.42 Å². The normalized spacial score (nSPS) is 11.8. The lowest BCUT2D eigenvalue weighted by molar-refractivity contribution is 0.0919. The Bertz CT molecular complexity index is 534. The largest absolute Gasteiger partial charge is 0.294 e. The molecule has 2 aromatic rings. The van der Waals surface area contributed by atoms with Gasteiger partial charge in [0.25, 0.3) is 0 Å². The van der Waals surface area contributed by atoms with Gasteiger partial charge >= 0.3 is 0 Å². The van der Waals surface area contributed by atoms with E-state index in [4.69, 9.17) is 0 Å². The highest BCUT2D eigenvalue weighted by atomic mass is 16.1. The molecule has 0 saturated carbocycles. The Kier molecular flexibility index (Phi) is 4.62. The zero-order valence-electron chi connectivity index (χ0n) is 10.8. The summed E-state index contributed by atoms with van der Waals surface area (Å²) in [6.07, 6.45) is 6.53. The second kappa shape index (κ2) is 6.64. The Labute approximate surface area is 113 Å². The number of hydrogen-bond acceptors (Lipinski definition) is 2. The van der Waals surface area contributed by atoms with Gasteiger partial charge in [0.2, 0.25) is 0 Å². The van der Waals surface area contributed by atoms with Crippen molar-refractivity contribution >= 4 is 5.78 Å². The summed E-state index contributed by atoms with van der Waals surface area (Å²) in [6.45, 7) is 3.75. The lowest BCUT2D eigenvalue weighted by Gasteiger charge is -2.14. The van der Waals surface area contributed by atoms with Crippen LogP contribution >= 0.6 is 0 Å². The average Bonchev–Trinajstić information content (AvgIpc) is 2.48. The number of pyridine rings is 1. The Morgan fingerprint density at radius 3 is 2.63 bits per heavy atom. The van der Waals surface area contributed by atoms with E-state index in [-0.39, 0.29) is 11.7 Å². The molecular formula is C17H17NO. The molecular weight excluding hydrogens is 234 g/mol. The number of aromatic nitrogens is 1. The van der Waals surface area contributed by atoms with E-state index in [9.17, 15) is 4.79 Å². The minimum atomic E-state index is -0.0656. The van der Waals surface area contributed by atoms with Crippen molar-refractivity contribution in [3.8, 4) is 0 Å². The molecule has 2 nitrogen and oxygen atoms in total. The van der Waals surface area contributed by atoms with Gasteiger partial charge in [0.15, 0.2) is 5.78 Å². The topological polar surface area (TPSA) is 30.0 Å². The molecule has 0 fully saturated rings. The minimum Gasteiger partial charge on any atom is -0.294 e. The molecule has 0 bridgehead atoms. The third kappa shape index (κ3) is 3.62. The Morgan fingerprint density at radius 1 is 1.21 bits per heavy atom. The highest BCUT2D eigenvalue weighted by molar-refractivity contribution is 5.97. The van der Waals surface area contributed by atoms with E-state index in [1.807, 2.05) is 42.5 Å². The van der Waals surface area contributed by atoms with Crippen LogP contribution in [0.15, 0.2) is 67.5 Å². The number of carbonyl (C=O) groups excluding carboxylic acids is 1. The fourth-order valence-electron chi connectivity index (χ4n) is 2.13. The number of nitrogens with zero attached hydrogens (tertiary/aromatic N) is 1. The highest BCUT2D eigenvalue weighted by Gasteiger charge is 2.19. The van der Waals surface area contributed by atoms with Crippen LogP contribution in [0.4, 0.5) is 0 Å². The molecule has 1 atom stereocenters. The van der Waals surface area contributed by atoms with Crippen LogP contribution in [0.5, 0.6) is 0 Å². The van der Waals surface area contributed by atoms with Crippen LogP contribution < -0.4 is 0 Å². The first-order chi connectivity index (χ1) is 9.31. The second-order valence-corrected chi connectivity index (χ2v) is 4.52. The zero-order chi connectivity index (χ0) is 13.5. The molecule has 1 aromatic carbocycles. The van der Waals surface area contributed by atoms with E-state index in [1.54, 1.807) is 18.5 Å². The molecule has 2 rings (SSSR count). The van der Waals surface area contributed by atoms with Crippen LogP contribution in [-0.4, -0.2) is 10.8 Å². The first-order valence-electron chi connectivity index (χ1n) is 6.40. The monoisotopic (exact) mass is 251 g/mol. The van der Waals surface area contributed by atoms with Crippen molar-refractivity contribution < 1.29 is 4.79 Å². The van der Waals surface area contributed by atoms with Gasteiger partial charge in [0.05, 0.1) is 0 Å². The van der Waals surface area contributed by atoms with Gasteiger partial charge in [-0.05, 0) is 30.5 Å². The van der Waals surface area contributed by atoms with Crippen molar-refractivity contribution in [2.75, 3.05) is 0 Å². The number of rotatable bonds is 6. The van der Waals surface area contributed by atoms with Crippen molar-refractivity contribution in [2.45, 2.75) is 12.8 Å². The summed E-state index contributed by atoms with van der Waals surface area (Å²) in [5.74, 6) is 0.0703. The van der Waals surface area contributed by atoms with Crippen molar-refractivity contribution in [1.29, 1.82) is 0 Å². The number of allylic oxidation sites excluding steroid dienone is 1. The number of ketones is 1. The third-order valence-corrected chi connectivity index (χ3v) is 3.09. The van der Waals surface area contributed by atoms with Crippen molar-refractivity contribution in [1.82, 2.24) is 4.98 Å². The number of carbonyl (C=O) groups is 1. The number of Topliss-reactive ketones (excluding diaryl/α,β-unsaturated/α-hetero) is 1. The van der Waals surface area contributed by atoms with Crippen LogP contribution in [0.25, 0.3) is 0 Å². The fourth-order valence-corrected chi connectivity index (χ4v) is 2.13. The Morgan fingerprint density at radius 2 is 2.00 bits per heavy atom. The summed E-state index contributed by atoms with van der Waals surface area (Å²) in [5.41, 5.74) is 1.84. The maximum absolute atomic E-state index is 12.5. The SMILES string of the molecule is C=CCC(Cc1ccccc1)C(=O)c1cccnc1. The predicted octanol–water partition coefficient (Wildman–Crippen LogP) is 3.70. The van der Waals surface area contributed by atoms with Gasteiger partial charge in [0, 0.05) is 23.9 Å². The van der Waals surface area contributed by atoms with Crippen molar-refractivity contribution in [2.24, 2.45) is 5.92 Å². The third-order valence-electron chi connectivity index (χ3n) is 3.09. The van der Waals surface area contributed by atoms with Gasteiger partial charge in [-0.2, -0.15) is 0 Å². The van der Waals surface area contributed by atoms with Crippen LogP contribution in [0.1, 0.15) is 22.3 Å². The molecule has 0 saturated heterocycles. The second-order valence-electron chi connectivity index (χ2n) is 4.52. The first kappa shape index (κ1) is 13.2. The molecule has 0 amide bonds. The van der Waals surface area contributed by atoms with Crippen LogP contribution in [0.3, 0.4) is 0 Å². The number of benzene rings is 1. The number of hydrogen-bond donors (Lipinski definition) is 0. The van der Waals surface area contributed by atoms with E-state index in [2.05, 4.69) is 11.6 Å². The van der Waals surface area contributed by atoms with Gasteiger partial charge in [0.1, 0.15) is 0 Å². The first-order valence-corrected chi connectivity index (χ1v) is 6.40. The summed E-state index contributed by atoms with van der Waals surface area (Å²) < 4.78 is 0. The smallest absolute Gasteiger partial charge is 0.168 e. The fraction of sp³-hybridized carbons (Fsp3) is 0.176. The molecule has 0 aliphatic rings. The molecule has 1 unspecified atom stereocenters. The van der Waals surface area contributed by atoms with Gasteiger partial charge < -0.3 is 0 Å². The summed E-state index contributed by atoms with van der Waals surface area (Å²) in [5, 5.41) is 0.